The molecule has 0 unspecified atom stereocenters. The number of hydrogen-bond donors (Lipinski definition) is 0. The van der Waals surface area contributed by atoms with Crippen molar-refractivity contribution >= 4 is 103 Å². The summed E-state index contributed by atoms with van der Waals surface area (Å²) < 4.78 is 11.7. The summed E-state index contributed by atoms with van der Waals surface area (Å²) in [5.74, 6) is 0. The van der Waals surface area contributed by atoms with Gasteiger partial charge in [0, 0.05) is 58.8 Å². The first-order valence-corrected chi connectivity index (χ1v) is 17.7. The lowest BCUT2D eigenvalue weighted by atomic mass is 10.0. The van der Waals surface area contributed by atoms with E-state index in [0.29, 0.717) is 0 Å². The molecule has 3 nitrogen and oxygen atoms in total. The topological polar surface area (TPSA) is 21.3 Å². The first-order chi connectivity index (χ1) is 24.8. The van der Waals surface area contributed by atoms with Crippen molar-refractivity contribution in [3.63, 3.8) is 0 Å². The second-order valence-corrected chi connectivity index (χ2v) is 14.0. The van der Waals surface area contributed by atoms with Crippen LogP contribution in [-0.2, 0) is 0 Å². The van der Waals surface area contributed by atoms with Crippen molar-refractivity contribution in [3.8, 4) is 5.69 Å². The maximum atomic E-state index is 6.67. The summed E-state index contributed by atoms with van der Waals surface area (Å²) >= 11 is 1.86. The molecule has 3 aromatic heterocycles. The monoisotopic (exact) mass is 656 g/mol. The first kappa shape index (κ1) is 27.6. The van der Waals surface area contributed by atoms with Crippen molar-refractivity contribution < 1.29 is 4.42 Å². The lowest BCUT2D eigenvalue weighted by molar-refractivity contribution is 0.669. The summed E-state index contributed by atoms with van der Waals surface area (Å²) in [6.45, 7) is 0. The maximum absolute atomic E-state index is 6.67. The molecule has 0 aliphatic heterocycles. The van der Waals surface area contributed by atoms with Crippen LogP contribution < -0.4 is 4.90 Å². The molecule has 0 spiro atoms. The summed E-state index contributed by atoms with van der Waals surface area (Å²) in [6.07, 6.45) is 0. The average molecular weight is 657 g/mol. The van der Waals surface area contributed by atoms with Crippen molar-refractivity contribution in [3.05, 3.63) is 170 Å². The van der Waals surface area contributed by atoms with Crippen molar-refractivity contribution in [2.75, 3.05) is 4.90 Å². The van der Waals surface area contributed by atoms with Crippen LogP contribution in [0.5, 0.6) is 0 Å². The van der Waals surface area contributed by atoms with Gasteiger partial charge in [0.1, 0.15) is 5.58 Å². The van der Waals surface area contributed by atoms with Gasteiger partial charge in [0.05, 0.1) is 16.7 Å². The molecule has 3 heterocycles. The molecule has 0 fully saturated rings. The molecule has 0 saturated carbocycles. The van der Waals surface area contributed by atoms with Gasteiger partial charge in [0.15, 0.2) is 5.58 Å². The molecule has 0 aliphatic rings. The largest absolute Gasteiger partial charge is 0.454 e. The van der Waals surface area contributed by atoms with Crippen LogP contribution in [-0.4, -0.2) is 4.57 Å². The average Bonchev–Trinajstić information content (AvgIpc) is 3.84. The fourth-order valence-corrected chi connectivity index (χ4v) is 9.02. The fourth-order valence-electron chi connectivity index (χ4n) is 7.88. The van der Waals surface area contributed by atoms with E-state index in [4.69, 9.17) is 4.42 Å². The lowest BCUT2D eigenvalue weighted by Crippen LogP contribution is -2.10. The van der Waals surface area contributed by atoms with Crippen LogP contribution in [0.1, 0.15) is 0 Å². The number of hydrogen-bond acceptors (Lipinski definition) is 3. The van der Waals surface area contributed by atoms with Crippen LogP contribution in [0.25, 0.3) is 80.4 Å². The van der Waals surface area contributed by atoms with E-state index in [1.807, 2.05) is 17.4 Å². The molecule has 0 aliphatic carbocycles. The quantitative estimate of drug-likeness (QED) is 0.188. The van der Waals surface area contributed by atoms with E-state index < -0.39 is 0 Å². The molecular formula is C46H28N2OS. The molecule has 0 saturated heterocycles. The summed E-state index contributed by atoms with van der Waals surface area (Å²) in [5.41, 5.74) is 8.38. The minimum atomic E-state index is 0.872. The van der Waals surface area contributed by atoms with Crippen LogP contribution in [0.4, 0.5) is 17.1 Å². The van der Waals surface area contributed by atoms with E-state index in [1.54, 1.807) is 0 Å². The Kier molecular flexibility index (Phi) is 5.83. The number of furan rings is 1. The van der Waals surface area contributed by atoms with E-state index >= 15 is 0 Å². The molecule has 0 N–H and O–H groups in total. The maximum Gasteiger partial charge on any atom is 0.159 e. The van der Waals surface area contributed by atoms with E-state index in [0.717, 1.165) is 50.2 Å². The van der Waals surface area contributed by atoms with Gasteiger partial charge < -0.3 is 13.9 Å². The number of rotatable bonds is 4. The summed E-state index contributed by atoms with van der Waals surface area (Å²) in [4.78, 5) is 2.37. The van der Waals surface area contributed by atoms with E-state index in [2.05, 4.69) is 173 Å². The van der Waals surface area contributed by atoms with E-state index in [9.17, 15) is 0 Å². The lowest BCUT2D eigenvalue weighted by Gasteiger charge is -2.26. The molecule has 0 amide bonds. The molecule has 0 bridgehead atoms. The second kappa shape index (κ2) is 10.6. The highest BCUT2D eigenvalue weighted by molar-refractivity contribution is 7.25. The minimum Gasteiger partial charge on any atom is -0.454 e. The zero-order valence-electron chi connectivity index (χ0n) is 26.9. The van der Waals surface area contributed by atoms with Gasteiger partial charge in [-0.2, -0.15) is 0 Å². The Bertz CT molecular complexity index is 3110. The molecule has 234 valence electrons. The Hall–Kier alpha value is -6.36. The molecule has 4 heteroatoms. The molecule has 50 heavy (non-hydrogen) atoms. The second-order valence-electron chi connectivity index (χ2n) is 13.0. The number of anilines is 3. The van der Waals surface area contributed by atoms with Gasteiger partial charge in [0.25, 0.3) is 0 Å². The van der Waals surface area contributed by atoms with Crippen LogP contribution >= 0.6 is 11.3 Å². The highest BCUT2D eigenvalue weighted by atomic mass is 32.1. The van der Waals surface area contributed by atoms with Crippen LogP contribution in [0.2, 0.25) is 0 Å². The number of para-hydroxylation sites is 4. The number of aromatic nitrogens is 1. The fraction of sp³-hybridized carbons (Fsp3) is 0. The van der Waals surface area contributed by atoms with Gasteiger partial charge in [-0.1, -0.05) is 97.1 Å². The van der Waals surface area contributed by atoms with Crippen molar-refractivity contribution in [2.45, 2.75) is 0 Å². The van der Waals surface area contributed by atoms with Crippen molar-refractivity contribution in [1.82, 2.24) is 4.57 Å². The predicted molar refractivity (Wildman–Crippen MR) is 213 cm³/mol. The van der Waals surface area contributed by atoms with Crippen LogP contribution in [0, 0.1) is 0 Å². The Labute approximate surface area is 291 Å². The third-order valence-corrected chi connectivity index (χ3v) is 11.3. The van der Waals surface area contributed by atoms with Crippen molar-refractivity contribution in [1.29, 1.82) is 0 Å². The number of thiophene rings is 1. The van der Waals surface area contributed by atoms with Gasteiger partial charge in [-0.15, -0.1) is 11.3 Å². The van der Waals surface area contributed by atoms with Crippen LogP contribution in [0.15, 0.2) is 174 Å². The van der Waals surface area contributed by atoms with Crippen LogP contribution in [0.3, 0.4) is 0 Å². The van der Waals surface area contributed by atoms with Gasteiger partial charge >= 0.3 is 0 Å². The Balaban J connectivity index is 1.20. The van der Waals surface area contributed by atoms with Crippen molar-refractivity contribution in [2.24, 2.45) is 0 Å². The smallest absolute Gasteiger partial charge is 0.159 e. The number of nitrogens with zero attached hydrogens (tertiary/aromatic N) is 2. The normalized spacial score (nSPS) is 12.0. The predicted octanol–water partition coefficient (Wildman–Crippen LogP) is 13.7. The highest BCUT2D eigenvalue weighted by Crippen LogP contribution is 2.45. The zero-order chi connectivity index (χ0) is 32.8. The number of fused-ring (bicyclic) bond motifs is 10. The van der Waals surface area contributed by atoms with Gasteiger partial charge in [-0.25, -0.2) is 0 Å². The Morgan fingerprint density at radius 3 is 2.08 bits per heavy atom. The molecule has 8 aromatic carbocycles. The minimum absolute atomic E-state index is 0.872. The SMILES string of the molecule is c1ccc(-n2c3ccccc3c3ccc(N(c4ccc5cc6sc7ccccc7c6cc5c4)c4cccc5c4oc4ccccc45)cc32)cc1. The van der Waals surface area contributed by atoms with Gasteiger partial charge in [-0.05, 0) is 83.6 Å². The van der Waals surface area contributed by atoms with Gasteiger partial charge in [0.2, 0.25) is 0 Å². The summed E-state index contributed by atoms with van der Waals surface area (Å²) in [6, 6.07) is 61.3. The number of benzene rings is 8. The standard InChI is InChI=1S/C46H28N2OS/c1-2-11-31(12-3-1)48-40-17-7-4-13-34(40)35-24-23-33(28-42(35)48)47(41-18-10-16-38-36-14-5-8-19-43(36)49-46(38)41)32-22-21-29-27-45-39(26-30(29)25-32)37-15-6-9-20-44(37)50-45/h1-28H. The first-order valence-electron chi connectivity index (χ1n) is 16.9. The molecule has 11 aromatic rings. The summed E-state index contributed by atoms with van der Waals surface area (Å²) in [7, 11) is 0. The third-order valence-electron chi connectivity index (χ3n) is 10.1. The van der Waals surface area contributed by atoms with Gasteiger partial charge in [-0.3, -0.25) is 0 Å². The summed E-state index contributed by atoms with van der Waals surface area (Å²) in [5, 5.41) is 9.73. The molecular weight excluding hydrogens is 629 g/mol. The third kappa shape index (κ3) is 4.03. The van der Waals surface area contributed by atoms with E-state index in [-0.39, 0.29) is 0 Å². The zero-order valence-corrected chi connectivity index (χ0v) is 27.7. The highest BCUT2D eigenvalue weighted by Gasteiger charge is 2.22. The Morgan fingerprint density at radius 2 is 1.16 bits per heavy atom. The molecule has 11 rings (SSSR count). The Morgan fingerprint density at radius 1 is 0.440 bits per heavy atom. The van der Waals surface area contributed by atoms with E-state index in [1.165, 1.54) is 47.2 Å². The molecule has 0 radical (unpaired) electrons. The molecule has 0 atom stereocenters.